The third-order valence-corrected chi connectivity index (χ3v) is 3.14. The normalized spacial score (nSPS) is 10.4. The van der Waals surface area contributed by atoms with Gasteiger partial charge in [0, 0.05) is 25.3 Å². The molecule has 0 aliphatic carbocycles. The standard InChI is InChI=1S/C16H23NO3/c1-12(2)15(18)8-9-16(19)17-11-10-13-4-6-14(20-3)7-5-13/h4-7,12H,8-11H2,1-3H3,(H,17,19). The minimum atomic E-state index is -0.0625. The topological polar surface area (TPSA) is 55.4 Å². The SMILES string of the molecule is COc1ccc(CCNC(=O)CCC(=O)C(C)C)cc1. The molecule has 0 fully saturated rings. The van der Waals surface area contributed by atoms with Gasteiger partial charge in [-0.2, -0.15) is 0 Å². The molecule has 0 aromatic heterocycles. The van der Waals surface area contributed by atoms with E-state index in [1.54, 1.807) is 7.11 Å². The summed E-state index contributed by atoms with van der Waals surface area (Å²) in [6, 6.07) is 7.76. The van der Waals surface area contributed by atoms with E-state index >= 15 is 0 Å². The van der Waals surface area contributed by atoms with E-state index in [0.717, 1.165) is 17.7 Å². The fourth-order valence-electron chi connectivity index (χ4n) is 1.75. The number of rotatable bonds is 8. The highest BCUT2D eigenvalue weighted by atomic mass is 16.5. The predicted molar refractivity (Wildman–Crippen MR) is 78.8 cm³/mol. The van der Waals surface area contributed by atoms with Gasteiger partial charge in [-0.1, -0.05) is 26.0 Å². The van der Waals surface area contributed by atoms with Gasteiger partial charge in [-0.3, -0.25) is 9.59 Å². The van der Waals surface area contributed by atoms with E-state index in [1.165, 1.54) is 0 Å². The molecule has 0 saturated heterocycles. The van der Waals surface area contributed by atoms with Crippen LogP contribution in [0.5, 0.6) is 5.75 Å². The Hall–Kier alpha value is -1.84. The Kier molecular flexibility index (Phi) is 6.77. The minimum Gasteiger partial charge on any atom is -0.497 e. The monoisotopic (exact) mass is 277 g/mol. The Bertz CT molecular complexity index is 438. The van der Waals surface area contributed by atoms with Gasteiger partial charge >= 0.3 is 0 Å². The van der Waals surface area contributed by atoms with Crippen molar-refractivity contribution < 1.29 is 14.3 Å². The summed E-state index contributed by atoms with van der Waals surface area (Å²) < 4.78 is 5.08. The number of methoxy groups -OCH3 is 1. The molecule has 1 rings (SSSR count). The van der Waals surface area contributed by atoms with Crippen molar-refractivity contribution >= 4 is 11.7 Å². The van der Waals surface area contributed by atoms with Crippen LogP contribution in [0.3, 0.4) is 0 Å². The van der Waals surface area contributed by atoms with Crippen LogP contribution < -0.4 is 10.1 Å². The number of carbonyl (C=O) groups is 2. The van der Waals surface area contributed by atoms with Gasteiger partial charge in [0.1, 0.15) is 11.5 Å². The summed E-state index contributed by atoms with van der Waals surface area (Å²) in [6.45, 7) is 4.29. The molecule has 0 aliphatic rings. The van der Waals surface area contributed by atoms with Gasteiger partial charge in [0.15, 0.2) is 0 Å². The van der Waals surface area contributed by atoms with Crippen LogP contribution in [-0.4, -0.2) is 25.3 Å². The number of nitrogens with one attached hydrogen (secondary N) is 1. The largest absolute Gasteiger partial charge is 0.497 e. The molecule has 0 saturated carbocycles. The van der Waals surface area contributed by atoms with Gasteiger partial charge in [-0.05, 0) is 24.1 Å². The highest BCUT2D eigenvalue weighted by Crippen LogP contribution is 2.11. The summed E-state index contributed by atoms with van der Waals surface area (Å²) >= 11 is 0. The molecule has 0 bridgehead atoms. The molecule has 0 radical (unpaired) electrons. The molecule has 1 amide bonds. The Morgan fingerprint density at radius 2 is 1.80 bits per heavy atom. The van der Waals surface area contributed by atoms with E-state index in [9.17, 15) is 9.59 Å². The first-order valence-corrected chi connectivity index (χ1v) is 6.95. The van der Waals surface area contributed by atoms with Crippen LogP contribution in [0.1, 0.15) is 32.3 Å². The Balaban J connectivity index is 2.22. The highest BCUT2D eigenvalue weighted by molar-refractivity contribution is 5.85. The number of ketones is 1. The quantitative estimate of drug-likeness (QED) is 0.793. The summed E-state index contributed by atoms with van der Waals surface area (Å²) in [5.41, 5.74) is 1.14. The van der Waals surface area contributed by atoms with Crippen molar-refractivity contribution in [1.29, 1.82) is 0 Å². The lowest BCUT2D eigenvalue weighted by Gasteiger charge is -2.07. The van der Waals surface area contributed by atoms with E-state index in [-0.39, 0.29) is 24.0 Å². The van der Waals surface area contributed by atoms with E-state index in [1.807, 2.05) is 38.1 Å². The number of carbonyl (C=O) groups excluding carboxylic acids is 2. The number of hydrogen-bond acceptors (Lipinski definition) is 3. The molecular formula is C16H23NO3. The lowest BCUT2D eigenvalue weighted by Crippen LogP contribution is -2.26. The molecule has 4 heteroatoms. The van der Waals surface area contributed by atoms with Crippen LogP contribution >= 0.6 is 0 Å². The summed E-state index contributed by atoms with van der Waals surface area (Å²) in [5, 5.41) is 2.83. The second-order valence-corrected chi connectivity index (χ2v) is 5.07. The molecule has 1 aromatic rings. The van der Waals surface area contributed by atoms with Crippen molar-refractivity contribution in [2.75, 3.05) is 13.7 Å². The van der Waals surface area contributed by atoms with Gasteiger partial charge in [-0.25, -0.2) is 0 Å². The van der Waals surface area contributed by atoms with Gasteiger partial charge in [0.05, 0.1) is 7.11 Å². The molecule has 20 heavy (non-hydrogen) atoms. The second kappa shape index (κ2) is 8.35. The zero-order valence-corrected chi connectivity index (χ0v) is 12.4. The van der Waals surface area contributed by atoms with Gasteiger partial charge in [-0.15, -0.1) is 0 Å². The summed E-state index contributed by atoms with van der Waals surface area (Å²) in [4.78, 5) is 23.0. The van der Waals surface area contributed by atoms with Crippen LogP contribution in [-0.2, 0) is 16.0 Å². The maximum Gasteiger partial charge on any atom is 0.220 e. The van der Waals surface area contributed by atoms with Crippen LogP contribution in [0, 0.1) is 5.92 Å². The molecule has 0 unspecified atom stereocenters. The van der Waals surface area contributed by atoms with Crippen molar-refractivity contribution in [1.82, 2.24) is 5.32 Å². The first kappa shape index (κ1) is 16.2. The summed E-state index contributed by atoms with van der Waals surface area (Å²) in [7, 11) is 1.63. The second-order valence-electron chi connectivity index (χ2n) is 5.07. The summed E-state index contributed by atoms with van der Waals surface area (Å²) in [5.74, 6) is 0.898. The Morgan fingerprint density at radius 3 is 2.35 bits per heavy atom. The van der Waals surface area contributed by atoms with Crippen LogP contribution in [0.4, 0.5) is 0 Å². The Labute approximate surface area is 120 Å². The molecule has 110 valence electrons. The van der Waals surface area contributed by atoms with Gasteiger partial charge < -0.3 is 10.1 Å². The molecular weight excluding hydrogens is 254 g/mol. The zero-order valence-electron chi connectivity index (χ0n) is 12.4. The lowest BCUT2D eigenvalue weighted by molar-refractivity contribution is -0.126. The maximum atomic E-state index is 11.6. The third kappa shape index (κ3) is 5.87. The molecule has 0 aliphatic heterocycles. The molecule has 1 N–H and O–H groups in total. The van der Waals surface area contributed by atoms with Crippen LogP contribution in [0.2, 0.25) is 0 Å². The maximum absolute atomic E-state index is 11.6. The van der Waals surface area contributed by atoms with E-state index in [4.69, 9.17) is 4.74 Å². The zero-order chi connectivity index (χ0) is 15.0. The summed E-state index contributed by atoms with van der Waals surface area (Å²) in [6.07, 6.45) is 1.37. The van der Waals surface area contributed by atoms with Crippen LogP contribution in [0.15, 0.2) is 24.3 Å². The van der Waals surface area contributed by atoms with Gasteiger partial charge in [0.2, 0.25) is 5.91 Å². The van der Waals surface area contributed by atoms with Crippen molar-refractivity contribution in [2.45, 2.75) is 33.1 Å². The fourth-order valence-corrected chi connectivity index (χ4v) is 1.75. The average Bonchev–Trinajstić information content (AvgIpc) is 2.45. The minimum absolute atomic E-state index is 0.00194. The van der Waals surface area contributed by atoms with Crippen molar-refractivity contribution in [3.63, 3.8) is 0 Å². The van der Waals surface area contributed by atoms with Crippen molar-refractivity contribution in [3.8, 4) is 5.75 Å². The first-order valence-electron chi connectivity index (χ1n) is 6.95. The average molecular weight is 277 g/mol. The Morgan fingerprint density at radius 1 is 1.15 bits per heavy atom. The number of ether oxygens (including phenoxy) is 1. The smallest absolute Gasteiger partial charge is 0.220 e. The van der Waals surface area contributed by atoms with E-state index in [2.05, 4.69) is 5.32 Å². The van der Waals surface area contributed by atoms with Crippen molar-refractivity contribution in [3.05, 3.63) is 29.8 Å². The van der Waals surface area contributed by atoms with Crippen molar-refractivity contribution in [2.24, 2.45) is 5.92 Å². The van der Waals surface area contributed by atoms with Crippen LogP contribution in [0.25, 0.3) is 0 Å². The third-order valence-electron chi connectivity index (χ3n) is 3.14. The van der Waals surface area contributed by atoms with E-state index < -0.39 is 0 Å². The first-order chi connectivity index (χ1) is 9.52. The molecule has 0 atom stereocenters. The van der Waals surface area contributed by atoms with E-state index in [0.29, 0.717) is 13.0 Å². The fraction of sp³-hybridized carbons (Fsp3) is 0.500. The number of hydrogen-bond donors (Lipinski definition) is 1. The molecule has 1 aromatic carbocycles. The lowest BCUT2D eigenvalue weighted by atomic mass is 10.0. The number of amides is 1. The molecule has 4 nitrogen and oxygen atoms in total. The number of Topliss-reactive ketones (excluding diaryl/α,β-unsaturated/α-hetero) is 1. The van der Waals surface area contributed by atoms with Gasteiger partial charge in [0.25, 0.3) is 0 Å². The number of benzene rings is 1. The highest BCUT2D eigenvalue weighted by Gasteiger charge is 2.09. The molecule has 0 heterocycles. The predicted octanol–water partition coefficient (Wildman–Crippen LogP) is 2.36. The molecule has 0 spiro atoms.